The second-order valence-corrected chi connectivity index (χ2v) is 20.2. The molecule has 0 unspecified atom stereocenters. The number of benzene rings is 5. The van der Waals surface area contributed by atoms with E-state index in [0.29, 0.717) is 5.92 Å². The lowest BCUT2D eigenvalue weighted by Crippen LogP contribution is -2.30. The largest absolute Gasteiger partial charge is 0.456 e. The number of anilines is 3. The highest BCUT2D eigenvalue weighted by Crippen LogP contribution is 2.50. The van der Waals surface area contributed by atoms with Gasteiger partial charge in [0.15, 0.2) is 0 Å². The molecule has 2 nitrogen and oxygen atoms in total. The molecule has 1 fully saturated rings. The summed E-state index contributed by atoms with van der Waals surface area (Å²) in [7, 11) is 0. The molecule has 1 saturated carbocycles. The predicted molar refractivity (Wildman–Crippen MR) is 234 cm³/mol. The smallest absolute Gasteiger partial charge is 0.137 e. The van der Waals surface area contributed by atoms with Gasteiger partial charge in [-0.05, 0) is 122 Å². The third-order valence-corrected chi connectivity index (χ3v) is 11.7. The Bertz CT molecular complexity index is 2220. The lowest BCUT2D eigenvalue weighted by atomic mass is 9.64. The number of furan rings is 1. The minimum atomic E-state index is -0.0544. The summed E-state index contributed by atoms with van der Waals surface area (Å²) >= 11 is 0. The Labute approximate surface area is 326 Å². The lowest BCUT2D eigenvalue weighted by molar-refractivity contribution is 0.443. The van der Waals surface area contributed by atoms with Crippen molar-refractivity contribution in [2.75, 3.05) is 4.90 Å². The molecule has 282 valence electrons. The molecule has 0 radical (unpaired) electrons. The van der Waals surface area contributed by atoms with Crippen molar-refractivity contribution in [2.24, 2.45) is 0 Å². The van der Waals surface area contributed by atoms with Crippen molar-refractivity contribution >= 4 is 39.0 Å². The number of nitrogens with zero attached hydrogens (tertiary/aromatic N) is 1. The van der Waals surface area contributed by atoms with Crippen molar-refractivity contribution in [1.82, 2.24) is 0 Å². The Morgan fingerprint density at radius 2 is 0.981 bits per heavy atom. The van der Waals surface area contributed by atoms with Gasteiger partial charge >= 0.3 is 0 Å². The van der Waals surface area contributed by atoms with Crippen LogP contribution in [0.2, 0.25) is 0 Å². The summed E-state index contributed by atoms with van der Waals surface area (Å²) in [5.74, 6) is 0.670. The summed E-state index contributed by atoms with van der Waals surface area (Å²) in [5, 5.41) is 2.30. The topological polar surface area (TPSA) is 16.4 Å². The Balaban J connectivity index is 1.42. The lowest BCUT2D eigenvalue weighted by Gasteiger charge is -2.40. The van der Waals surface area contributed by atoms with Gasteiger partial charge < -0.3 is 9.32 Å². The first-order valence-corrected chi connectivity index (χ1v) is 20.5. The first-order chi connectivity index (χ1) is 25.3. The van der Waals surface area contributed by atoms with E-state index in [0.717, 1.165) is 39.0 Å². The summed E-state index contributed by atoms with van der Waals surface area (Å²) in [4.78, 5) is 2.41. The fourth-order valence-electron chi connectivity index (χ4n) is 9.12. The molecule has 0 atom stereocenters. The molecule has 6 aromatic rings. The maximum absolute atomic E-state index is 6.43. The normalized spacial score (nSPS) is 15.0. The molecule has 0 amide bonds. The average Bonchev–Trinajstić information content (AvgIpc) is 3.48. The molecule has 7 rings (SSSR count). The zero-order valence-electron chi connectivity index (χ0n) is 35.2. The molecular weight excluding hydrogens is 655 g/mol. The van der Waals surface area contributed by atoms with Gasteiger partial charge in [-0.25, -0.2) is 0 Å². The van der Waals surface area contributed by atoms with Gasteiger partial charge in [-0.15, -0.1) is 0 Å². The fourth-order valence-corrected chi connectivity index (χ4v) is 9.12. The molecule has 0 aliphatic heterocycles. The van der Waals surface area contributed by atoms with E-state index >= 15 is 0 Å². The van der Waals surface area contributed by atoms with Crippen LogP contribution in [0.25, 0.3) is 33.1 Å². The Kier molecular flexibility index (Phi) is 9.69. The molecule has 0 N–H and O–H groups in total. The number of fused-ring (bicyclic) bond motifs is 3. The molecule has 1 aliphatic rings. The monoisotopic (exact) mass is 717 g/mol. The highest BCUT2D eigenvalue weighted by atomic mass is 16.3. The van der Waals surface area contributed by atoms with Crippen molar-refractivity contribution in [3.8, 4) is 11.1 Å². The molecule has 54 heavy (non-hydrogen) atoms. The van der Waals surface area contributed by atoms with Crippen LogP contribution in [0.4, 0.5) is 17.1 Å². The first kappa shape index (κ1) is 38.0. The van der Waals surface area contributed by atoms with E-state index in [1.54, 1.807) is 0 Å². The van der Waals surface area contributed by atoms with E-state index in [-0.39, 0.29) is 21.7 Å². The second kappa shape index (κ2) is 13.8. The minimum Gasteiger partial charge on any atom is -0.456 e. The molecule has 1 heterocycles. The first-order valence-electron chi connectivity index (χ1n) is 20.5. The van der Waals surface area contributed by atoms with E-state index < -0.39 is 0 Å². The zero-order chi connectivity index (χ0) is 38.8. The molecule has 0 saturated heterocycles. The zero-order valence-corrected chi connectivity index (χ0v) is 35.2. The highest BCUT2D eigenvalue weighted by Gasteiger charge is 2.37. The summed E-state index contributed by atoms with van der Waals surface area (Å²) in [6, 6.07) is 36.5. The number of rotatable bonds is 5. The van der Waals surface area contributed by atoms with Crippen LogP contribution in [-0.4, -0.2) is 0 Å². The maximum atomic E-state index is 6.43. The van der Waals surface area contributed by atoms with Gasteiger partial charge in [0.2, 0.25) is 0 Å². The fraction of sp³-hybridized carbons (Fsp3) is 0.423. The Morgan fingerprint density at radius 1 is 0.481 bits per heavy atom. The van der Waals surface area contributed by atoms with Crippen LogP contribution in [0.15, 0.2) is 101 Å². The van der Waals surface area contributed by atoms with E-state index in [9.17, 15) is 0 Å². The molecule has 0 spiro atoms. The predicted octanol–water partition coefficient (Wildman–Crippen LogP) is 16.0. The quantitative estimate of drug-likeness (QED) is 0.177. The van der Waals surface area contributed by atoms with Gasteiger partial charge in [-0.3, -0.25) is 0 Å². The third kappa shape index (κ3) is 7.26. The molecule has 2 heteroatoms. The molecule has 1 aromatic heterocycles. The number of hydrogen-bond donors (Lipinski definition) is 0. The average molecular weight is 718 g/mol. The van der Waals surface area contributed by atoms with Crippen molar-refractivity contribution in [3.63, 3.8) is 0 Å². The van der Waals surface area contributed by atoms with E-state index in [1.807, 2.05) is 6.07 Å². The summed E-state index contributed by atoms with van der Waals surface area (Å²) in [6.07, 6.45) is 6.65. The SMILES string of the molecule is CC(C)(C)c1cc(C(C)(C)C)c(C(C)(C)C)c(-c2ccc(N(c3ccc(C4CCCCC4)cc3)c3ccc4c(c3)oc3ccccc34)cc2)c1C(C)(C)C. The van der Waals surface area contributed by atoms with Gasteiger partial charge in [-0.1, -0.05) is 151 Å². The van der Waals surface area contributed by atoms with Crippen molar-refractivity contribution in [2.45, 2.75) is 143 Å². The third-order valence-electron chi connectivity index (χ3n) is 11.7. The summed E-state index contributed by atoms with van der Waals surface area (Å²) in [5.41, 5.74) is 15.1. The Hall–Kier alpha value is -4.30. The summed E-state index contributed by atoms with van der Waals surface area (Å²) in [6.45, 7) is 28.6. The number of hydrogen-bond acceptors (Lipinski definition) is 2. The van der Waals surface area contributed by atoms with Crippen LogP contribution >= 0.6 is 0 Å². The van der Waals surface area contributed by atoms with Crippen molar-refractivity contribution in [3.05, 3.63) is 125 Å². The Morgan fingerprint density at radius 3 is 1.52 bits per heavy atom. The minimum absolute atomic E-state index is 0.0103. The molecule has 5 aromatic carbocycles. The molecular formula is C52H63NO. The van der Waals surface area contributed by atoms with Gasteiger partial charge in [-0.2, -0.15) is 0 Å². The van der Waals surface area contributed by atoms with Crippen LogP contribution in [0.5, 0.6) is 0 Å². The van der Waals surface area contributed by atoms with Gasteiger partial charge in [0.25, 0.3) is 0 Å². The standard InChI is InChI=1S/C52H63NO/c1-49(2,3)42-33-43(50(4,5)6)48(52(10,11)12)46(47(42)51(7,8)9)36-24-28-38(29-25-36)53(37-26-22-35(23-27-37)34-18-14-13-15-19-34)39-30-31-41-40-20-16-17-21-44(40)54-45(41)32-39/h16-17,20-34H,13-15,18-19H2,1-12H3. The summed E-state index contributed by atoms with van der Waals surface area (Å²) < 4.78 is 6.43. The van der Waals surface area contributed by atoms with E-state index in [1.165, 1.54) is 71.0 Å². The van der Waals surface area contributed by atoms with Crippen LogP contribution < -0.4 is 4.90 Å². The van der Waals surface area contributed by atoms with Gasteiger partial charge in [0.05, 0.1) is 0 Å². The molecule has 1 aliphatic carbocycles. The van der Waals surface area contributed by atoms with E-state index in [4.69, 9.17) is 4.42 Å². The van der Waals surface area contributed by atoms with Gasteiger partial charge in [0.1, 0.15) is 11.2 Å². The maximum Gasteiger partial charge on any atom is 0.137 e. The second-order valence-electron chi connectivity index (χ2n) is 20.2. The molecule has 0 bridgehead atoms. The van der Waals surface area contributed by atoms with Gasteiger partial charge in [0, 0.05) is 33.9 Å². The highest BCUT2D eigenvalue weighted by molar-refractivity contribution is 6.06. The van der Waals surface area contributed by atoms with Crippen LogP contribution in [0.3, 0.4) is 0 Å². The van der Waals surface area contributed by atoms with Crippen LogP contribution in [-0.2, 0) is 21.7 Å². The number of para-hydroxylation sites is 1. The van der Waals surface area contributed by atoms with Crippen molar-refractivity contribution in [1.29, 1.82) is 0 Å². The van der Waals surface area contributed by atoms with Crippen LogP contribution in [0, 0.1) is 0 Å². The van der Waals surface area contributed by atoms with E-state index in [2.05, 4.69) is 179 Å². The van der Waals surface area contributed by atoms with Crippen LogP contribution in [0.1, 0.15) is 149 Å². The van der Waals surface area contributed by atoms with Crippen molar-refractivity contribution < 1.29 is 4.42 Å².